The molecule has 0 aliphatic heterocycles. The van der Waals surface area contributed by atoms with E-state index in [2.05, 4.69) is 6.92 Å². The Hall–Kier alpha value is 0.625. The number of unbranched alkanes of at least 4 members (excludes halogenated alkanes) is 14. The molecule has 0 heterocycles. The van der Waals surface area contributed by atoms with E-state index in [0.29, 0.717) is 6.42 Å². The Morgan fingerprint density at radius 3 is 1.12 bits per heavy atom. The summed E-state index contributed by atoms with van der Waals surface area (Å²) in [6.07, 6.45) is 20.2. The van der Waals surface area contributed by atoms with Crippen molar-refractivity contribution in [2.45, 2.75) is 117 Å². The van der Waals surface area contributed by atoms with Gasteiger partial charge in [0.05, 0.1) is 0 Å². The van der Waals surface area contributed by atoms with Crippen LogP contribution in [0.3, 0.4) is 0 Å². The van der Waals surface area contributed by atoms with Crippen LogP contribution >= 0.6 is 0 Å². The molecule has 0 spiro atoms. The molecule has 0 saturated heterocycles. The maximum absolute atomic E-state index is 10.3. The number of carbonyl (C=O) groups is 1. The van der Waals surface area contributed by atoms with Gasteiger partial charge in [0, 0.05) is 48.6 Å². The fraction of sp³-hybridized carbons (Fsp3) is 0.950. The summed E-state index contributed by atoms with van der Waals surface area (Å²) in [4.78, 5) is 10.3. The molecular formula is C20H42LaO3. The fourth-order valence-electron chi connectivity index (χ4n) is 2.65. The van der Waals surface area contributed by atoms with E-state index in [1.54, 1.807) is 6.92 Å². The molecule has 0 aromatic carbocycles. The van der Waals surface area contributed by atoms with Gasteiger partial charge < -0.3 is 10.2 Å². The Morgan fingerprint density at radius 2 is 0.875 bits per heavy atom. The minimum atomic E-state index is -0.653. The van der Waals surface area contributed by atoms with Crippen LogP contribution in [0.5, 0.6) is 0 Å². The molecule has 24 heavy (non-hydrogen) atoms. The molecule has 0 fully saturated rings. The van der Waals surface area contributed by atoms with Crippen LogP contribution in [0.1, 0.15) is 117 Å². The van der Waals surface area contributed by atoms with Gasteiger partial charge >= 0.3 is 5.97 Å². The number of hydrogen-bond acceptors (Lipinski definition) is 2. The average molecular weight is 469 g/mol. The van der Waals surface area contributed by atoms with Crippen molar-refractivity contribution in [2.24, 2.45) is 0 Å². The maximum atomic E-state index is 10.3. The van der Waals surface area contributed by atoms with Gasteiger partial charge in [0.2, 0.25) is 0 Å². The summed E-state index contributed by atoms with van der Waals surface area (Å²) in [5.41, 5.74) is 0. The third kappa shape index (κ3) is 34.1. The van der Waals surface area contributed by atoms with E-state index in [0.717, 1.165) is 12.8 Å². The molecule has 0 aliphatic rings. The molecule has 0 unspecified atom stereocenters. The number of carboxylic acids is 1. The molecule has 0 aromatic heterocycles. The molecule has 0 saturated carbocycles. The second kappa shape index (κ2) is 28.4. The van der Waals surface area contributed by atoms with Gasteiger partial charge in [0.1, 0.15) is 0 Å². The van der Waals surface area contributed by atoms with E-state index < -0.39 is 5.97 Å². The minimum absolute atomic E-state index is 0. The molecule has 0 bridgehead atoms. The second-order valence-corrected chi connectivity index (χ2v) is 6.41. The van der Waals surface area contributed by atoms with E-state index >= 15 is 0 Å². The number of aliphatic carboxylic acids is 1. The van der Waals surface area contributed by atoms with Crippen molar-refractivity contribution in [2.75, 3.05) is 6.61 Å². The smallest absolute Gasteiger partial charge is 0.303 e. The van der Waals surface area contributed by atoms with Crippen LogP contribution in [-0.4, -0.2) is 22.8 Å². The first kappa shape index (κ1) is 29.4. The van der Waals surface area contributed by atoms with Crippen molar-refractivity contribution in [3.63, 3.8) is 0 Å². The molecular weight excluding hydrogens is 427 g/mol. The van der Waals surface area contributed by atoms with Gasteiger partial charge in [-0.2, -0.15) is 0 Å². The predicted molar refractivity (Wildman–Crippen MR) is 99.9 cm³/mol. The van der Waals surface area contributed by atoms with Crippen LogP contribution in [-0.2, 0) is 4.79 Å². The molecule has 0 aliphatic carbocycles. The standard InChI is InChI=1S/C18H36O2.C2H6O.La/c1-2-3-4-5-6-7-8-9-10-11-12-13-14-15-16-17-18(19)20;1-2-3;/h2-17H2,1H3,(H,19,20);3H,2H2,1H3;. The summed E-state index contributed by atoms with van der Waals surface area (Å²) in [5.74, 6) is -0.653. The first-order valence-corrected chi connectivity index (χ1v) is 10.0. The third-order valence-electron chi connectivity index (χ3n) is 3.99. The SMILES string of the molecule is CCCCCCCCCCCCCCCCCC(=O)O.CCO.[La]. The first-order chi connectivity index (χ1) is 11.2. The van der Waals surface area contributed by atoms with Gasteiger partial charge in [0.15, 0.2) is 0 Å². The number of aliphatic hydroxyl groups is 1. The molecule has 0 amide bonds. The molecule has 1 radical (unpaired) electrons. The van der Waals surface area contributed by atoms with Gasteiger partial charge in [-0.25, -0.2) is 0 Å². The fourth-order valence-corrected chi connectivity index (χ4v) is 2.65. The van der Waals surface area contributed by atoms with E-state index in [9.17, 15) is 4.79 Å². The quantitative estimate of drug-likeness (QED) is 0.260. The summed E-state index contributed by atoms with van der Waals surface area (Å²) in [6, 6.07) is 0. The molecule has 0 rings (SSSR count). The predicted octanol–water partition coefficient (Wildman–Crippen LogP) is 6.33. The van der Waals surface area contributed by atoms with Gasteiger partial charge in [-0.05, 0) is 13.3 Å². The Bertz CT molecular complexity index is 223. The van der Waals surface area contributed by atoms with E-state index in [4.69, 9.17) is 10.2 Å². The largest absolute Gasteiger partial charge is 0.481 e. The van der Waals surface area contributed by atoms with Gasteiger partial charge in [0.25, 0.3) is 0 Å². The molecule has 0 atom stereocenters. The summed E-state index contributed by atoms with van der Waals surface area (Å²) >= 11 is 0. The van der Waals surface area contributed by atoms with Crippen molar-refractivity contribution in [3.05, 3.63) is 0 Å². The summed E-state index contributed by atoms with van der Waals surface area (Å²) in [5, 5.41) is 16.1. The van der Waals surface area contributed by atoms with E-state index in [1.807, 2.05) is 0 Å². The second-order valence-electron chi connectivity index (χ2n) is 6.41. The van der Waals surface area contributed by atoms with Crippen molar-refractivity contribution < 1.29 is 50.6 Å². The maximum Gasteiger partial charge on any atom is 0.303 e. The number of rotatable bonds is 16. The van der Waals surface area contributed by atoms with Crippen LogP contribution in [0, 0.1) is 35.6 Å². The molecule has 4 heteroatoms. The van der Waals surface area contributed by atoms with Crippen molar-refractivity contribution in [3.8, 4) is 0 Å². The van der Waals surface area contributed by atoms with Gasteiger partial charge in [-0.3, -0.25) is 4.79 Å². The Morgan fingerprint density at radius 1 is 0.625 bits per heavy atom. The van der Waals surface area contributed by atoms with Crippen LogP contribution in [0.15, 0.2) is 0 Å². The van der Waals surface area contributed by atoms with Crippen molar-refractivity contribution >= 4 is 5.97 Å². The summed E-state index contributed by atoms with van der Waals surface area (Å²) in [7, 11) is 0. The normalized spacial score (nSPS) is 9.79. The molecule has 143 valence electrons. The van der Waals surface area contributed by atoms with Crippen LogP contribution in [0.25, 0.3) is 0 Å². The number of hydrogen-bond donors (Lipinski definition) is 2. The van der Waals surface area contributed by atoms with E-state index in [-0.39, 0.29) is 42.2 Å². The van der Waals surface area contributed by atoms with E-state index in [1.165, 1.54) is 83.5 Å². The number of aliphatic hydroxyl groups excluding tert-OH is 1. The molecule has 0 aromatic rings. The number of carboxylic acid groups (broad SMARTS) is 1. The minimum Gasteiger partial charge on any atom is -0.481 e. The third-order valence-corrected chi connectivity index (χ3v) is 3.99. The Labute approximate surface area is 179 Å². The van der Waals surface area contributed by atoms with Gasteiger partial charge in [-0.1, -0.05) is 96.8 Å². The van der Waals surface area contributed by atoms with Crippen LogP contribution in [0.4, 0.5) is 0 Å². The summed E-state index contributed by atoms with van der Waals surface area (Å²) < 4.78 is 0. The van der Waals surface area contributed by atoms with Crippen LogP contribution in [0.2, 0.25) is 0 Å². The average Bonchev–Trinajstić information content (AvgIpc) is 2.51. The monoisotopic (exact) mass is 469 g/mol. The first-order valence-electron chi connectivity index (χ1n) is 10.0. The topological polar surface area (TPSA) is 57.5 Å². The zero-order valence-corrected chi connectivity index (χ0v) is 20.0. The molecule has 3 nitrogen and oxygen atoms in total. The molecule has 2 N–H and O–H groups in total. The zero-order chi connectivity index (χ0) is 17.6. The zero-order valence-electron chi connectivity index (χ0n) is 16.4. The van der Waals surface area contributed by atoms with Crippen molar-refractivity contribution in [1.29, 1.82) is 0 Å². The van der Waals surface area contributed by atoms with Gasteiger partial charge in [-0.15, -0.1) is 0 Å². The Balaban J connectivity index is -0.00000102. The van der Waals surface area contributed by atoms with Crippen molar-refractivity contribution in [1.82, 2.24) is 0 Å². The Kier molecular flexibility index (Phi) is 34.8. The summed E-state index contributed by atoms with van der Waals surface area (Å²) in [6.45, 7) is 4.20. The van der Waals surface area contributed by atoms with Crippen LogP contribution < -0.4 is 0 Å².